The van der Waals surface area contributed by atoms with E-state index in [1.807, 2.05) is 35.5 Å². The Balaban J connectivity index is 1.51. The quantitative estimate of drug-likeness (QED) is 0.735. The minimum atomic E-state index is 0.0915. The van der Waals surface area contributed by atoms with Gasteiger partial charge in [0.1, 0.15) is 0 Å². The van der Waals surface area contributed by atoms with Gasteiger partial charge >= 0.3 is 0 Å². The molecule has 4 heteroatoms. The number of hydrogen-bond donors (Lipinski definition) is 0. The Morgan fingerprint density at radius 2 is 2.00 bits per heavy atom. The lowest BCUT2D eigenvalue weighted by Crippen LogP contribution is -2.40. The molecule has 1 unspecified atom stereocenters. The van der Waals surface area contributed by atoms with E-state index in [9.17, 15) is 4.79 Å². The number of nitrogens with zero attached hydrogens (tertiary/aromatic N) is 3. The van der Waals surface area contributed by atoms with Crippen LogP contribution in [0, 0.1) is 5.92 Å². The molecule has 1 amide bonds. The lowest BCUT2D eigenvalue weighted by atomic mass is 9.90. The van der Waals surface area contributed by atoms with E-state index >= 15 is 0 Å². The van der Waals surface area contributed by atoms with E-state index in [0.717, 1.165) is 32.4 Å². The second-order valence-corrected chi connectivity index (χ2v) is 6.73. The monoisotopic (exact) mass is 331 g/mol. The van der Waals surface area contributed by atoms with Crippen molar-refractivity contribution in [2.75, 3.05) is 13.1 Å². The molecule has 0 radical (unpaired) electrons. The summed E-state index contributed by atoms with van der Waals surface area (Å²) >= 11 is 0. The molecule has 3 aromatic rings. The summed E-state index contributed by atoms with van der Waals surface area (Å²) in [5.74, 6) is 0.566. The minimum absolute atomic E-state index is 0.0915. The van der Waals surface area contributed by atoms with Crippen LogP contribution in [0.1, 0.15) is 28.8 Å². The molecule has 1 aliphatic heterocycles. The summed E-state index contributed by atoms with van der Waals surface area (Å²) < 4.78 is 0. The summed E-state index contributed by atoms with van der Waals surface area (Å²) in [6.45, 7) is 1.63. The first-order valence-electron chi connectivity index (χ1n) is 8.82. The number of likely N-dealkylation sites (tertiary alicyclic amines) is 1. The third kappa shape index (κ3) is 3.38. The van der Waals surface area contributed by atoms with Gasteiger partial charge < -0.3 is 4.90 Å². The number of carbonyl (C=O) groups excluding carboxylic acids is 1. The van der Waals surface area contributed by atoms with Crippen molar-refractivity contribution in [2.45, 2.75) is 19.3 Å². The molecule has 0 aliphatic carbocycles. The molecule has 1 aromatic carbocycles. The highest BCUT2D eigenvalue weighted by molar-refractivity contribution is 5.94. The fourth-order valence-corrected chi connectivity index (χ4v) is 3.74. The van der Waals surface area contributed by atoms with Crippen LogP contribution in [0.25, 0.3) is 10.8 Å². The summed E-state index contributed by atoms with van der Waals surface area (Å²) in [6, 6.07) is 12.0. The number of piperidine rings is 1. The Hall–Kier alpha value is -2.75. The molecule has 25 heavy (non-hydrogen) atoms. The molecule has 0 saturated carbocycles. The van der Waals surface area contributed by atoms with Crippen molar-refractivity contribution in [1.29, 1.82) is 0 Å². The zero-order valence-electron chi connectivity index (χ0n) is 14.1. The molecule has 1 fully saturated rings. The van der Waals surface area contributed by atoms with Crippen molar-refractivity contribution >= 4 is 16.7 Å². The van der Waals surface area contributed by atoms with Gasteiger partial charge in [0.15, 0.2) is 0 Å². The standard InChI is InChI=1S/C21H21N3O/c25-21(18-7-3-9-22-13-18)24-10-4-5-16(15-24)11-19-14-23-12-17-6-1-2-8-20(17)19/h1-3,6-9,12-14,16H,4-5,10-11,15H2. The summed E-state index contributed by atoms with van der Waals surface area (Å²) in [7, 11) is 0. The van der Waals surface area contributed by atoms with Gasteiger partial charge in [-0.05, 0) is 48.3 Å². The van der Waals surface area contributed by atoms with Crippen LogP contribution in [0.5, 0.6) is 0 Å². The maximum atomic E-state index is 12.7. The molecule has 1 aliphatic rings. The molecule has 0 N–H and O–H groups in total. The third-order valence-electron chi connectivity index (χ3n) is 4.97. The van der Waals surface area contributed by atoms with E-state index in [1.165, 1.54) is 16.3 Å². The van der Waals surface area contributed by atoms with E-state index in [2.05, 4.69) is 28.2 Å². The number of aromatic nitrogens is 2. The second kappa shape index (κ2) is 7.01. The maximum absolute atomic E-state index is 12.7. The van der Waals surface area contributed by atoms with E-state index in [1.54, 1.807) is 12.4 Å². The number of hydrogen-bond acceptors (Lipinski definition) is 3. The normalized spacial score (nSPS) is 17.6. The average Bonchev–Trinajstić information content (AvgIpc) is 2.69. The van der Waals surface area contributed by atoms with Crippen LogP contribution in [0.4, 0.5) is 0 Å². The number of benzene rings is 1. The number of rotatable bonds is 3. The van der Waals surface area contributed by atoms with Gasteiger partial charge in [-0.25, -0.2) is 0 Å². The summed E-state index contributed by atoms with van der Waals surface area (Å²) in [6.07, 6.45) is 10.4. The first-order valence-corrected chi connectivity index (χ1v) is 8.82. The molecule has 1 saturated heterocycles. The molecule has 126 valence electrons. The molecule has 4 rings (SSSR count). The predicted molar refractivity (Wildman–Crippen MR) is 98.3 cm³/mol. The van der Waals surface area contributed by atoms with E-state index in [0.29, 0.717) is 11.5 Å². The van der Waals surface area contributed by atoms with Crippen LogP contribution in [-0.4, -0.2) is 33.9 Å². The fourth-order valence-electron chi connectivity index (χ4n) is 3.74. The summed E-state index contributed by atoms with van der Waals surface area (Å²) in [4.78, 5) is 23.1. The third-order valence-corrected chi connectivity index (χ3v) is 4.97. The fraction of sp³-hybridized carbons (Fsp3) is 0.286. The minimum Gasteiger partial charge on any atom is -0.338 e. The van der Waals surface area contributed by atoms with Gasteiger partial charge in [-0.3, -0.25) is 14.8 Å². The van der Waals surface area contributed by atoms with Crippen LogP contribution in [0.2, 0.25) is 0 Å². The van der Waals surface area contributed by atoms with Crippen LogP contribution in [0.3, 0.4) is 0 Å². The number of amides is 1. The molecule has 3 heterocycles. The van der Waals surface area contributed by atoms with Crippen LogP contribution >= 0.6 is 0 Å². The Morgan fingerprint density at radius 3 is 2.88 bits per heavy atom. The van der Waals surface area contributed by atoms with Crippen molar-refractivity contribution in [3.63, 3.8) is 0 Å². The SMILES string of the molecule is O=C(c1cccnc1)N1CCCC(Cc2cncc3ccccc23)C1. The van der Waals surface area contributed by atoms with Crippen molar-refractivity contribution in [3.05, 3.63) is 72.3 Å². The van der Waals surface area contributed by atoms with Crippen molar-refractivity contribution in [1.82, 2.24) is 14.9 Å². The van der Waals surface area contributed by atoms with Gasteiger partial charge in [0.25, 0.3) is 5.91 Å². The number of carbonyl (C=O) groups is 1. The second-order valence-electron chi connectivity index (χ2n) is 6.73. The van der Waals surface area contributed by atoms with Crippen LogP contribution in [0.15, 0.2) is 61.2 Å². The predicted octanol–water partition coefficient (Wildman–Crippen LogP) is 3.72. The van der Waals surface area contributed by atoms with Gasteiger partial charge in [0.05, 0.1) is 5.56 Å². The van der Waals surface area contributed by atoms with Crippen molar-refractivity contribution < 1.29 is 4.79 Å². The topological polar surface area (TPSA) is 46.1 Å². The largest absolute Gasteiger partial charge is 0.338 e. The molecular formula is C21H21N3O. The zero-order chi connectivity index (χ0) is 17.1. The summed E-state index contributed by atoms with van der Waals surface area (Å²) in [5.41, 5.74) is 1.95. The highest BCUT2D eigenvalue weighted by Crippen LogP contribution is 2.25. The first kappa shape index (κ1) is 15.8. The van der Waals surface area contributed by atoms with Gasteiger partial charge in [0.2, 0.25) is 0 Å². The number of fused-ring (bicyclic) bond motifs is 1. The van der Waals surface area contributed by atoms with E-state index in [-0.39, 0.29) is 5.91 Å². The molecule has 2 aromatic heterocycles. The molecule has 0 bridgehead atoms. The highest BCUT2D eigenvalue weighted by atomic mass is 16.2. The molecule has 0 spiro atoms. The van der Waals surface area contributed by atoms with Gasteiger partial charge in [0, 0.05) is 43.3 Å². The average molecular weight is 331 g/mol. The lowest BCUT2D eigenvalue weighted by molar-refractivity contribution is 0.0673. The molecule has 1 atom stereocenters. The van der Waals surface area contributed by atoms with Gasteiger partial charge in [-0.15, -0.1) is 0 Å². The smallest absolute Gasteiger partial charge is 0.255 e. The Bertz CT molecular complexity index is 873. The summed E-state index contributed by atoms with van der Waals surface area (Å²) in [5, 5.41) is 2.45. The molecular weight excluding hydrogens is 310 g/mol. The Kier molecular flexibility index (Phi) is 4.42. The van der Waals surface area contributed by atoms with E-state index < -0.39 is 0 Å². The van der Waals surface area contributed by atoms with Crippen LogP contribution in [-0.2, 0) is 6.42 Å². The Labute approximate surface area is 147 Å². The van der Waals surface area contributed by atoms with Gasteiger partial charge in [-0.1, -0.05) is 24.3 Å². The van der Waals surface area contributed by atoms with Crippen molar-refractivity contribution in [3.8, 4) is 0 Å². The maximum Gasteiger partial charge on any atom is 0.255 e. The van der Waals surface area contributed by atoms with E-state index in [4.69, 9.17) is 0 Å². The number of pyridine rings is 2. The van der Waals surface area contributed by atoms with Crippen molar-refractivity contribution in [2.24, 2.45) is 5.92 Å². The lowest BCUT2D eigenvalue weighted by Gasteiger charge is -2.33. The Morgan fingerprint density at radius 1 is 1.08 bits per heavy atom. The first-order chi connectivity index (χ1) is 12.3. The zero-order valence-corrected chi connectivity index (χ0v) is 14.1. The molecule has 4 nitrogen and oxygen atoms in total. The van der Waals surface area contributed by atoms with Crippen LogP contribution < -0.4 is 0 Å². The highest BCUT2D eigenvalue weighted by Gasteiger charge is 2.25. The van der Waals surface area contributed by atoms with Gasteiger partial charge in [-0.2, -0.15) is 0 Å².